The molecule has 144 valence electrons. The van der Waals surface area contributed by atoms with Crippen LogP contribution in [0.1, 0.15) is 29.3 Å². The molecule has 0 spiro atoms. The highest BCUT2D eigenvalue weighted by atomic mass is 16.5. The second kappa shape index (κ2) is 8.73. The van der Waals surface area contributed by atoms with E-state index in [1.807, 2.05) is 18.2 Å². The minimum Gasteiger partial charge on any atom is -0.619 e. The van der Waals surface area contributed by atoms with E-state index in [0.717, 1.165) is 36.6 Å². The van der Waals surface area contributed by atoms with Crippen LogP contribution in [0.3, 0.4) is 0 Å². The van der Waals surface area contributed by atoms with Gasteiger partial charge in [-0.2, -0.15) is 4.73 Å². The van der Waals surface area contributed by atoms with Crippen LogP contribution in [0, 0.1) is 5.21 Å². The summed E-state index contributed by atoms with van der Waals surface area (Å²) >= 11 is 0. The molecule has 1 amide bonds. The molecule has 0 bridgehead atoms. The lowest BCUT2D eigenvalue weighted by atomic mass is 10.2. The van der Waals surface area contributed by atoms with Crippen molar-refractivity contribution in [3.8, 4) is 11.5 Å². The Hall–Kier alpha value is -2.80. The normalized spacial score (nSPS) is 16.7. The first-order chi connectivity index (χ1) is 13.1. The van der Waals surface area contributed by atoms with Crippen molar-refractivity contribution in [2.45, 2.75) is 26.0 Å². The van der Waals surface area contributed by atoms with Crippen LogP contribution in [0.5, 0.6) is 11.5 Å². The van der Waals surface area contributed by atoms with Crippen molar-refractivity contribution in [2.24, 2.45) is 0 Å². The third kappa shape index (κ3) is 4.89. The van der Waals surface area contributed by atoms with Crippen LogP contribution >= 0.6 is 0 Å². The standard InChI is InChI=1S/C20H25N3O4/c1-3-17-14-22(13-16-12-18(26-2)4-5-19(16)27-17)11-8-21-20(24)15-6-9-23(25)10-7-15/h4-7,9-10,12,17H,3,8,11,13-14H2,1-2H3,(H,21,24)/t17-/m0/s1. The van der Waals surface area contributed by atoms with Crippen LogP contribution in [0.2, 0.25) is 0 Å². The molecule has 1 aromatic carbocycles. The Morgan fingerprint density at radius 1 is 1.37 bits per heavy atom. The Labute approximate surface area is 159 Å². The Kier molecular flexibility index (Phi) is 6.13. The van der Waals surface area contributed by atoms with Gasteiger partial charge in [0.15, 0.2) is 12.4 Å². The maximum atomic E-state index is 12.2. The first kappa shape index (κ1) is 19.0. The molecule has 0 radical (unpaired) electrons. The van der Waals surface area contributed by atoms with E-state index >= 15 is 0 Å². The van der Waals surface area contributed by atoms with Gasteiger partial charge in [0.25, 0.3) is 5.91 Å². The lowest BCUT2D eigenvalue weighted by Gasteiger charge is -2.23. The summed E-state index contributed by atoms with van der Waals surface area (Å²) in [7, 11) is 1.65. The van der Waals surface area contributed by atoms with E-state index in [1.165, 1.54) is 24.5 Å². The Morgan fingerprint density at radius 3 is 2.85 bits per heavy atom. The summed E-state index contributed by atoms with van der Waals surface area (Å²) in [4.78, 5) is 14.5. The molecule has 3 rings (SSSR count). The molecule has 2 aromatic rings. The summed E-state index contributed by atoms with van der Waals surface area (Å²) < 4.78 is 12.1. The van der Waals surface area contributed by atoms with Crippen LogP contribution in [0.15, 0.2) is 42.7 Å². The van der Waals surface area contributed by atoms with E-state index in [1.54, 1.807) is 7.11 Å². The number of rotatable bonds is 6. The Balaban J connectivity index is 1.61. The molecule has 7 nitrogen and oxygen atoms in total. The number of benzene rings is 1. The molecule has 1 N–H and O–H groups in total. The van der Waals surface area contributed by atoms with Crippen LogP contribution < -0.4 is 19.5 Å². The molecule has 1 aromatic heterocycles. The van der Waals surface area contributed by atoms with Crippen molar-refractivity contribution in [1.29, 1.82) is 0 Å². The predicted molar refractivity (Wildman–Crippen MR) is 101 cm³/mol. The van der Waals surface area contributed by atoms with Crippen molar-refractivity contribution in [2.75, 3.05) is 26.7 Å². The number of fused-ring (bicyclic) bond motifs is 1. The minimum absolute atomic E-state index is 0.108. The number of carbonyl (C=O) groups is 1. The van der Waals surface area contributed by atoms with Crippen LogP contribution in [-0.2, 0) is 6.54 Å². The average molecular weight is 371 g/mol. The van der Waals surface area contributed by atoms with Gasteiger partial charge in [-0.1, -0.05) is 6.92 Å². The summed E-state index contributed by atoms with van der Waals surface area (Å²) in [5, 5.41) is 14.0. The van der Waals surface area contributed by atoms with Gasteiger partial charge in [-0.15, -0.1) is 0 Å². The quantitative estimate of drug-likeness (QED) is 0.618. The van der Waals surface area contributed by atoms with E-state index in [2.05, 4.69) is 17.1 Å². The molecule has 2 heterocycles. The van der Waals surface area contributed by atoms with E-state index < -0.39 is 0 Å². The van der Waals surface area contributed by atoms with Gasteiger partial charge < -0.3 is 20.0 Å². The van der Waals surface area contributed by atoms with Crippen LogP contribution in [0.4, 0.5) is 0 Å². The zero-order valence-electron chi connectivity index (χ0n) is 15.7. The molecule has 1 atom stereocenters. The number of aromatic nitrogens is 1. The van der Waals surface area contributed by atoms with Crippen molar-refractivity contribution >= 4 is 5.91 Å². The van der Waals surface area contributed by atoms with Crippen LogP contribution in [-0.4, -0.2) is 43.7 Å². The first-order valence-corrected chi connectivity index (χ1v) is 9.12. The van der Waals surface area contributed by atoms with Gasteiger partial charge in [0, 0.05) is 43.9 Å². The lowest BCUT2D eigenvalue weighted by Crippen LogP contribution is -2.38. The van der Waals surface area contributed by atoms with E-state index in [0.29, 0.717) is 23.4 Å². The molecule has 7 heteroatoms. The van der Waals surface area contributed by atoms with Gasteiger partial charge in [-0.3, -0.25) is 9.69 Å². The molecule has 0 aliphatic carbocycles. The monoisotopic (exact) mass is 371 g/mol. The second-order valence-corrected chi connectivity index (χ2v) is 6.56. The fourth-order valence-electron chi connectivity index (χ4n) is 3.11. The molecule has 0 saturated carbocycles. The molecule has 27 heavy (non-hydrogen) atoms. The highest BCUT2D eigenvalue weighted by Gasteiger charge is 2.22. The fourth-order valence-corrected chi connectivity index (χ4v) is 3.11. The summed E-state index contributed by atoms with van der Waals surface area (Å²) in [6, 6.07) is 8.89. The van der Waals surface area contributed by atoms with Gasteiger partial charge in [-0.05, 0) is 24.6 Å². The average Bonchev–Trinajstić information content (AvgIpc) is 2.86. The molecular formula is C20H25N3O4. The molecular weight excluding hydrogens is 346 g/mol. The Morgan fingerprint density at radius 2 is 2.15 bits per heavy atom. The molecule has 0 fully saturated rings. The first-order valence-electron chi connectivity index (χ1n) is 9.12. The lowest BCUT2D eigenvalue weighted by molar-refractivity contribution is -0.605. The number of nitrogens with zero attached hydrogens (tertiary/aromatic N) is 2. The number of ether oxygens (including phenoxy) is 2. The third-order valence-electron chi connectivity index (χ3n) is 4.65. The van der Waals surface area contributed by atoms with Crippen molar-refractivity contribution < 1.29 is 19.0 Å². The third-order valence-corrected chi connectivity index (χ3v) is 4.65. The smallest absolute Gasteiger partial charge is 0.251 e. The van der Waals surface area contributed by atoms with Gasteiger partial charge in [0.2, 0.25) is 0 Å². The second-order valence-electron chi connectivity index (χ2n) is 6.56. The number of pyridine rings is 1. The van der Waals surface area contributed by atoms with E-state index in [4.69, 9.17) is 9.47 Å². The molecule has 1 aliphatic heterocycles. The molecule has 1 aliphatic rings. The van der Waals surface area contributed by atoms with Crippen molar-refractivity contribution in [1.82, 2.24) is 10.2 Å². The maximum absolute atomic E-state index is 12.2. The van der Waals surface area contributed by atoms with E-state index in [-0.39, 0.29) is 12.0 Å². The molecule has 0 saturated heterocycles. The predicted octanol–water partition coefficient (Wildman–Crippen LogP) is 1.73. The summed E-state index contributed by atoms with van der Waals surface area (Å²) in [6.07, 6.45) is 3.65. The summed E-state index contributed by atoms with van der Waals surface area (Å²) in [5.41, 5.74) is 1.56. The number of methoxy groups -OCH3 is 1. The molecule has 0 unspecified atom stereocenters. The summed E-state index contributed by atoms with van der Waals surface area (Å²) in [6.45, 7) is 4.86. The number of hydrogen-bond acceptors (Lipinski definition) is 5. The van der Waals surface area contributed by atoms with Crippen molar-refractivity contribution in [3.05, 3.63) is 59.1 Å². The zero-order valence-corrected chi connectivity index (χ0v) is 15.7. The fraction of sp³-hybridized carbons (Fsp3) is 0.400. The highest BCUT2D eigenvalue weighted by molar-refractivity contribution is 5.93. The van der Waals surface area contributed by atoms with Gasteiger partial charge in [0.1, 0.15) is 17.6 Å². The maximum Gasteiger partial charge on any atom is 0.251 e. The number of nitrogens with one attached hydrogen (secondary N) is 1. The van der Waals surface area contributed by atoms with Gasteiger partial charge >= 0.3 is 0 Å². The highest BCUT2D eigenvalue weighted by Crippen LogP contribution is 2.29. The van der Waals surface area contributed by atoms with Gasteiger partial charge in [0.05, 0.1) is 12.7 Å². The number of hydrogen-bond donors (Lipinski definition) is 1. The SMILES string of the molecule is CC[C@H]1CN(CCNC(=O)c2cc[n+]([O-])cc2)Cc2cc(OC)ccc2O1. The van der Waals surface area contributed by atoms with Crippen LogP contribution in [0.25, 0.3) is 0 Å². The van der Waals surface area contributed by atoms with E-state index in [9.17, 15) is 10.0 Å². The van der Waals surface area contributed by atoms with Gasteiger partial charge in [-0.25, -0.2) is 0 Å². The zero-order chi connectivity index (χ0) is 19.2. The summed E-state index contributed by atoms with van der Waals surface area (Å²) in [5.74, 6) is 1.51. The van der Waals surface area contributed by atoms with Crippen molar-refractivity contribution in [3.63, 3.8) is 0 Å². The number of carbonyl (C=O) groups excluding carboxylic acids is 1. The largest absolute Gasteiger partial charge is 0.619 e. The Bertz CT molecular complexity index is 779. The minimum atomic E-state index is -0.184. The topological polar surface area (TPSA) is 77.7 Å². The number of amides is 1.